The van der Waals surface area contributed by atoms with Crippen molar-refractivity contribution >= 4 is 22.6 Å². The third-order valence-electron chi connectivity index (χ3n) is 4.43. The van der Waals surface area contributed by atoms with Crippen molar-refractivity contribution in [3.8, 4) is 0 Å². The molecule has 0 bridgehead atoms. The monoisotopic (exact) mass is 369 g/mol. The molecule has 2 aromatic rings. The summed E-state index contributed by atoms with van der Waals surface area (Å²) in [6.45, 7) is 1.55. The molecule has 1 aromatic carbocycles. The molecule has 1 fully saturated rings. The molecule has 0 unspecified atom stereocenters. The number of benzene rings is 1. The normalized spacial score (nSPS) is 15.2. The average Bonchev–Trinajstić information content (AvgIpc) is 2.64. The van der Waals surface area contributed by atoms with E-state index in [0.717, 1.165) is 19.3 Å². The number of anilines is 1. The van der Waals surface area contributed by atoms with Gasteiger partial charge in [-0.3, -0.25) is 4.79 Å². The Balaban J connectivity index is 2.14. The summed E-state index contributed by atoms with van der Waals surface area (Å²) in [6, 6.07) is 0.459. The molecule has 1 N–H and O–H groups in total. The van der Waals surface area contributed by atoms with Gasteiger partial charge in [0, 0.05) is 12.1 Å². The SMILES string of the molecule is CCOC(=O)c1cc(=O)c2c(F)c(F)c(NC3CCCCC3)c(F)c2o1. The van der Waals surface area contributed by atoms with E-state index in [0.29, 0.717) is 18.9 Å². The van der Waals surface area contributed by atoms with E-state index < -0.39 is 51.3 Å². The number of ether oxygens (including phenoxy) is 1. The largest absolute Gasteiger partial charge is 0.460 e. The molecule has 1 aromatic heterocycles. The third-order valence-corrected chi connectivity index (χ3v) is 4.43. The summed E-state index contributed by atoms with van der Waals surface area (Å²) in [6.07, 6.45) is 4.24. The highest BCUT2D eigenvalue weighted by atomic mass is 19.2. The second-order valence-corrected chi connectivity index (χ2v) is 6.20. The predicted molar refractivity (Wildman–Crippen MR) is 88.8 cm³/mol. The highest BCUT2D eigenvalue weighted by Crippen LogP contribution is 2.32. The number of carbonyl (C=O) groups is 1. The van der Waals surface area contributed by atoms with Crippen LogP contribution in [-0.2, 0) is 4.74 Å². The van der Waals surface area contributed by atoms with Gasteiger partial charge in [0.25, 0.3) is 0 Å². The highest BCUT2D eigenvalue weighted by Gasteiger charge is 2.27. The second-order valence-electron chi connectivity index (χ2n) is 6.20. The Morgan fingerprint density at radius 1 is 1.19 bits per heavy atom. The van der Waals surface area contributed by atoms with E-state index in [1.54, 1.807) is 6.92 Å². The summed E-state index contributed by atoms with van der Waals surface area (Å²) < 4.78 is 53.3. The zero-order chi connectivity index (χ0) is 18.8. The predicted octanol–water partition coefficient (Wildman–Crippen LogP) is 4.13. The van der Waals surface area contributed by atoms with Gasteiger partial charge in [0.05, 0.1) is 6.61 Å². The minimum absolute atomic E-state index is 0.00925. The molecule has 3 rings (SSSR count). The average molecular weight is 369 g/mol. The minimum Gasteiger partial charge on any atom is -0.460 e. The number of fused-ring (bicyclic) bond motifs is 1. The summed E-state index contributed by atoms with van der Waals surface area (Å²) in [7, 11) is 0. The van der Waals surface area contributed by atoms with Crippen LogP contribution in [0.1, 0.15) is 49.6 Å². The van der Waals surface area contributed by atoms with Crippen LogP contribution in [0.3, 0.4) is 0 Å². The quantitative estimate of drug-likeness (QED) is 0.648. The molecule has 140 valence electrons. The van der Waals surface area contributed by atoms with E-state index in [2.05, 4.69) is 5.32 Å². The number of nitrogens with one attached hydrogen (secondary N) is 1. The molecule has 1 saturated carbocycles. The lowest BCUT2D eigenvalue weighted by Crippen LogP contribution is -2.24. The molecule has 0 amide bonds. The van der Waals surface area contributed by atoms with Gasteiger partial charge < -0.3 is 14.5 Å². The van der Waals surface area contributed by atoms with Crippen molar-refractivity contribution in [2.45, 2.75) is 45.1 Å². The van der Waals surface area contributed by atoms with E-state index in [-0.39, 0.29) is 12.6 Å². The molecule has 5 nitrogen and oxygen atoms in total. The lowest BCUT2D eigenvalue weighted by atomic mass is 9.95. The standard InChI is InChI=1S/C18H18F3NO4/c1-2-25-18(24)11-8-10(23)12-13(19)14(20)16(15(21)17(12)26-11)22-9-6-4-3-5-7-9/h8-9,22H,2-7H2,1H3. The van der Waals surface area contributed by atoms with Crippen molar-refractivity contribution in [2.24, 2.45) is 0 Å². The van der Waals surface area contributed by atoms with Gasteiger partial charge in [0.1, 0.15) is 11.1 Å². The van der Waals surface area contributed by atoms with Gasteiger partial charge in [-0.05, 0) is 19.8 Å². The van der Waals surface area contributed by atoms with E-state index in [1.165, 1.54) is 0 Å². The molecular weight excluding hydrogens is 351 g/mol. The first kappa shape index (κ1) is 18.3. The van der Waals surface area contributed by atoms with Gasteiger partial charge >= 0.3 is 5.97 Å². The molecule has 1 heterocycles. The van der Waals surface area contributed by atoms with E-state index in [1.807, 2.05) is 0 Å². The lowest BCUT2D eigenvalue weighted by Gasteiger charge is -2.24. The van der Waals surface area contributed by atoms with Crippen molar-refractivity contribution in [2.75, 3.05) is 11.9 Å². The van der Waals surface area contributed by atoms with Crippen molar-refractivity contribution in [3.05, 3.63) is 39.5 Å². The number of hydrogen-bond acceptors (Lipinski definition) is 5. The summed E-state index contributed by atoms with van der Waals surface area (Å²) in [5, 5.41) is 1.80. The van der Waals surface area contributed by atoms with Crippen LogP contribution in [0.4, 0.5) is 18.9 Å². The summed E-state index contributed by atoms with van der Waals surface area (Å²) >= 11 is 0. The molecule has 8 heteroatoms. The van der Waals surface area contributed by atoms with Gasteiger partial charge in [0.2, 0.25) is 5.76 Å². The molecule has 1 aliphatic rings. The minimum atomic E-state index is -1.51. The van der Waals surface area contributed by atoms with Gasteiger partial charge in [-0.15, -0.1) is 0 Å². The Labute approximate surface area is 147 Å². The number of halogens is 3. The Hall–Kier alpha value is -2.51. The first-order chi connectivity index (χ1) is 12.4. The smallest absolute Gasteiger partial charge is 0.374 e. The van der Waals surface area contributed by atoms with Crippen LogP contribution in [0, 0.1) is 17.5 Å². The Morgan fingerprint density at radius 2 is 1.88 bits per heavy atom. The van der Waals surface area contributed by atoms with Crippen molar-refractivity contribution in [1.82, 2.24) is 0 Å². The fourth-order valence-corrected chi connectivity index (χ4v) is 3.17. The Kier molecular flexibility index (Phi) is 5.20. The van der Waals surface area contributed by atoms with Gasteiger partial charge in [-0.1, -0.05) is 19.3 Å². The number of carbonyl (C=O) groups excluding carboxylic acids is 1. The Morgan fingerprint density at radius 3 is 2.54 bits per heavy atom. The number of rotatable bonds is 4. The zero-order valence-electron chi connectivity index (χ0n) is 14.2. The first-order valence-electron chi connectivity index (χ1n) is 8.52. The van der Waals surface area contributed by atoms with Gasteiger partial charge in [-0.25, -0.2) is 18.0 Å². The van der Waals surface area contributed by atoms with Crippen molar-refractivity contribution in [1.29, 1.82) is 0 Å². The van der Waals surface area contributed by atoms with Crippen LogP contribution in [0.25, 0.3) is 11.0 Å². The highest BCUT2D eigenvalue weighted by molar-refractivity contribution is 5.90. The van der Waals surface area contributed by atoms with Crippen LogP contribution in [-0.4, -0.2) is 18.6 Å². The molecular formula is C18H18F3NO4. The van der Waals surface area contributed by atoms with Crippen LogP contribution >= 0.6 is 0 Å². The van der Waals surface area contributed by atoms with Crippen LogP contribution in [0.2, 0.25) is 0 Å². The van der Waals surface area contributed by atoms with Crippen LogP contribution < -0.4 is 10.7 Å². The van der Waals surface area contributed by atoms with Crippen LogP contribution in [0.5, 0.6) is 0 Å². The molecule has 26 heavy (non-hydrogen) atoms. The van der Waals surface area contributed by atoms with Crippen LogP contribution in [0.15, 0.2) is 15.3 Å². The van der Waals surface area contributed by atoms with E-state index in [9.17, 15) is 22.8 Å². The first-order valence-corrected chi connectivity index (χ1v) is 8.52. The Bertz CT molecular complexity index is 904. The fraction of sp³-hybridized carbons (Fsp3) is 0.444. The van der Waals surface area contributed by atoms with Gasteiger partial charge in [-0.2, -0.15) is 0 Å². The number of esters is 1. The molecule has 0 saturated heterocycles. The molecule has 0 aliphatic heterocycles. The lowest BCUT2D eigenvalue weighted by molar-refractivity contribution is 0.0490. The third kappa shape index (κ3) is 3.27. The summed E-state index contributed by atoms with van der Waals surface area (Å²) in [5.41, 5.74) is -2.56. The summed E-state index contributed by atoms with van der Waals surface area (Å²) in [5.74, 6) is -5.79. The maximum Gasteiger partial charge on any atom is 0.374 e. The zero-order valence-corrected chi connectivity index (χ0v) is 14.2. The second kappa shape index (κ2) is 7.39. The molecule has 0 atom stereocenters. The maximum atomic E-state index is 14.8. The van der Waals surface area contributed by atoms with Crippen molar-refractivity contribution in [3.63, 3.8) is 0 Å². The maximum absolute atomic E-state index is 14.8. The fourth-order valence-electron chi connectivity index (χ4n) is 3.17. The van der Waals surface area contributed by atoms with Crippen molar-refractivity contribution < 1.29 is 27.1 Å². The molecule has 1 aliphatic carbocycles. The summed E-state index contributed by atoms with van der Waals surface area (Å²) in [4.78, 5) is 23.8. The molecule has 0 radical (unpaired) electrons. The molecule has 0 spiro atoms. The van der Waals surface area contributed by atoms with Gasteiger partial charge in [0.15, 0.2) is 28.5 Å². The topological polar surface area (TPSA) is 68.5 Å². The number of hydrogen-bond donors (Lipinski definition) is 1. The van der Waals surface area contributed by atoms with E-state index >= 15 is 0 Å². The van der Waals surface area contributed by atoms with E-state index in [4.69, 9.17) is 9.15 Å².